The van der Waals surface area contributed by atoms with E-state index >= 15 is 0 Å². The van der Waals surface area contributed by atoms with Gasteiger partial charge < -0.3 is 10.2 Å². The van der Waals surface area contributed by atoms with E-state index in [4.69, 9.17) is 0 Å². The molecule has 0 saturated heterocycles. The van der Waals surface area contributed by atoms with E-state index in [-0.39, 0.29) is 0 Å². The molecule has 19 heavy (non-hydrogen) atoms. The average Bonchev–Trinajstić information content (AvgIpc) is 2.38. The molecule has 0 bridgehead atoms. The summed E-state index contributed by atoms with van der Waals surface area (Å²) in [7, 11) is 2.09. The summed E-state index contributed by atoms with van der Waals surface area (Å²) in [6.45, 7) is 10.7. The fraction of sp³-hybridized carbons (Fsp3) is 0.733. The fourth-order valence-corrected chi connectivity index (χ4v) is 2.08. The minimum atomic E-state index is 0.485. The van der Waals surface area contributed by atoms with Gasteiger partial charge in [-0.05, 0) is 32.2 Å². The van der Waals surface area contributed by atoms with E-state index in [9.17, 15) is 0 Å². The molecule has 0 spiro atoms. The second-order valence-electron chi connectivity index (χ2n) is 5.63. The lowest BCUT2D eigenvalue weighted by Gasteiger charge is -2.27. The lowest BCUT2D eigenvalue weighted by molar-refractivity contribution is 0.501. The number of hydrogen-bond donors (Lipinski definition) is 1. The van der Waals surface area contributed by atoms with Gasteiger partial charge in [0.25, 0.3) is 0 Å². The zero-order chi connectivity index (χ0) is 14.3. The summed E-state index contributed by atoms with van der Waals surface area (Å²) in [5.41, 5.74) is 1.00. The second kappa shape index (κ2) is 8.10. The van der Waals surface area contributed by atoms with Crippen molar-refractivity contribution in [2.75, 3.05) is 18.5 Å². The molecule has 1 aromatic rings. The molecule has 1 N–H and O–H groups in total. The molecule has 0 aliphatic rings. The lowest BCUT2D eigenvalue weighted by Crippen LogP contribution is -2.31. The molecule has 0 radical (unpaired) electrons. The number of hydrogen-bond acceptors (Lipinski definition) is 4. The van der Waals surface area contributed by atoms with E-state index in [1.807, 2.05) is 12.4 Å². The van der Waals surface area contributed by atoms with Crippen molar-refractivity contribution < 1.29 is 0 Å². The molecule has 0 aliphatic heterocycles. The van der Waals surface area contributed by atoms with Crippen LogP contribution in [0, 0.1) is 5.92 Å². The van der Waals surface area contributed by atoms with Gasteiger partial charge in [0.1, 0.15) is 5.82 Å². The van der Waals surface area contributed by atoms with Crippen LogP contribution in [0.15, 0.2) is 12.4 Å². The molecule has 108 valence electrons. The van der Waals surface area contributed by atoms with Crippen LogP contribution in [0.4, 0.5) is 5.82 Å². The molecule has 4 heteroatoms. The molecule has 0 aliphatic carbocycles. The Labute approximate surface area is 117 Å². The predicted octanol–water partition coefficient (Wildman–Crippen LogP) is 2.85. The fourth-order valence-electron chi connectivity index (χ4n) is 2.08. The van der Waals surface area contributed by atoms with Crippen LogP contribution in [0.2, 0.25) is 0 Å². The minimum Gasteiger partial charge on any atom is -0.356 e. The highest BCUT2D eigenvalue weighted by atomic mass is 15.2. The van der Waals surface area contributed by atoms with Gasteiger partial charge in [-0.15, -0.1) is 0 Å². The molecule has 0 amide bonds. The quantitative estimate of drug-likeness (QED) is 0.733. The van der Waals surface area contributed by atoms with Crippen molar-refractivity contribution in [3.63, 3.8) is 0 Å². The van der Waals surface area contributed by atoms with E-state index in [1.54, 1.807) is 0 Å². The first-order chi connectivity index (χ1) is 9.04. The topological polar surface area (TPSA) is 41.1 Å². The molecule has 1 aromatic heterocycles. The predicted molar refractivity (Wildman–Crippen MR) is 81.3 cm³/mol. The first kappa shape index (κ1) is 15.9. The molecule has 1 heterocycles. The summed E-state index contributed by atoms with van der Waals surface area (Å²) in [4.78, 5) is 11.2. The largest absolute Gasteiger partial charge is 0.356 e. The Bertz CT molecular complexity index is 348. The van der Waals surface area contributed by atoms with Gasteiger partial charge in [0.2, 0.25) is 0 Å². The van der Waals surface area contributed by atoms with E-state index in [1.165, 1.54) is 0 Å². The summed E-state index contributed by atoms with van der Waals surface area (Å²) in [6, 6.07) is 0.485. The Hall–Kier alpha value is -1.16. The highest BCUT2D eigenvalue weighted by molar-refractivity contribution is 5.35. The van der Waals surface area contributed by atoms with Crippen molar-refractivity contribution in [2.24, 2.45) is 5.92 Å². The SMILES string of the molecule is CCCNCc1cnc(N(C)C(C)CC(C)C)cn1. The molecular weight excluding hydrogens is 236 g/mol. The summed E-state index contributed by atoms with van der Waals surface area (Å²) < 4.78 is 0. The Morgan fingerprint density at radius 1 is 1.21 bits per heavy atom. The standard InChI is InChI=1S/C15H28N4/c1-6-7-16-9-14-10-18-15(11-17-14)19(5)13(4)8-12(2)3/h10-13,16H,6-9H2,1-5H3. The van der Waals surface area contributed by atoms with Crippen LogP contribution in [0.1, 0.15) is 46.2 Å². The van der Waals surface area contributed by atoms with Crippen molar-refractivity contribution in [1.29, 1.82) is 0 Å². The normalized spacial score (nSPS) is 12.7. The summed E-state index contributed by atoms with van der Waals surface area (Å²) in [5, 5.41) is 3.33. The van der Waals surface area contributed by atoms with E-state index < -0.39 is 0 Å². The minimum absolute atomic E-state index is 0.485. The summed E-state index contributed by atoms with van der Waals surface area (Å²) >= 11 is 0. The maximum absolute atomic E-state index is 4.51. The van der Waals surface area contributed by atoms with Crippen molar-refractivity contribution in [3.05, 3.63) is 18.1 Å². The monoisotopic (exact) mass is 264 g/mol. The molecule has 1 unspecified atom stereocenters. The molecule has 0 fully saturated rings. The molecule has 0 saturated carbocycles. The zero-order valence-electron chi connectivity index (χ0n) is 13.0. The van der Waals surface area contributed by atoms with Gasteiger partial charge in [-0.1, -0.05) is 20.8 Å². The van der Waals surface area contributed by atoms with Gasteiger partial charge in [-0.2, -0.15) is 0 Å². The summed E-state index contributed by atoms with van der Waals surface area (Å²) in [5.74, 6) is 1.65. The first-order valence-electron chi connectivity index (χ1n) is 7.29. The van der Waals surface area contributed by atoms with Crippen LogP contribution < -0.4 is 10.2 Å². The van der Waals surface area contributed by atoms with Gasteiger partial charge in [0.05, 0.1) is 18.1 Å². The Kier molecular flexibility index (Phi) is 6.78. The highest BCUT2D eigenvalue weighted by Crippen LogP contribution is 2.15. The Morgan fingerprint density at radius 2 is 1.95 bits per heavy atom. The average molecular weight is 264 g/mol. The number of anilines is 1. The van der Waals surface area contributed by atoms with Crippen molar-refractivity contribution in [1.82, 2.24) is 15.3 Å². The lowest BCUT2D eigenvalue weighted by atomic mass is 10.0. The third-order valence-electron chi connectivity index (χ3n) is 3.26. The van der Waals surface area contributed by atoms with Gasteiger partial charge in [0.15, 0.2) is 0 Å². The number of nitrogens with one attached hydrogen (secondary N) is 1. The molecule has 4 nitrogen and oxygen atoms in total. The first-order valence-corrected chi connectivity index (χ1v) is 7.29. The van der Waals surface area contributed by atoms with E-state index in [2.05, 4.69) is 54.9 Å². The maximum atomic E-state index is 4.51. The van der Waals surface area contributed by atoms with Crippen LogP contribution in [-0.4, -0.2) is 29.6 Å². The smallest absolute Gasteiger partial charge is 0.147 e. The van der Waals surface area contributed by atoms with E-state index in [0.717, 1.165) is 37.4 Å². The van der Waals surface area contributed by atoms with Crippen molar-refractivity contribution >= 4 is 5.82 Å². The van der Waals surface area contributed by atoms with Crippen LogP contribution in [0.25, 0.3) is 0 Å². The van der Waals surface area contributed by atoms with Gasteiger partial charge in [0, 0.05) is 19.6 Å². The molecule has 0 aromatic carbocycles. The highest BCUT2D eigenvalue weighted by Gasteiger charge is 2.13. The third-order valence-corrected chi connectivity index (χ3v) is 3.26. The van der Waals surface area contributed by atoms with Crippen LogP contribution >= 0.6 is 0 Å². The molecular formula is C15H28N4. The van der Waals surface area contributed by atoms with Gasteiger partial charge in [-0.3, -0.25) is 4.98 Å². The third kappa shape index (κ3) is 5.55. The van der Waals surface area contributed by atoms with Gasteiger partial charge in [-0.25, -0.2) is 4.98 Å². The maximum Gasteiger partial charge on any atom is 0.147 e. The number of rotatable bonds is 8. The molecule has 1 rings (SSSR count). The van der Waals surface area contributed by atoms with Gasteiger partial charge >= 0.3 is 0 Å². The van der Waals surface area contributed by atoms with Crippen molar-refractivity contribution in [2.45, 2.75) is 53.1 Å². The van der Waals surface area contributed by atoms with Crippen LogP contribution in [0.5, 0.6) is 0 Å². The number of aromatic nitrogens is 2. The Balaban J connectivity index is 2.54. The number of nitrogens with zero attached hydrogens (tertiary/aromatic N) is 3. The van der Waals surface area contributed by atoms with E-state index in [0.29, 0.717) is 12.0 Å². The van der Waals surface area contributed by atoms with Crippen LogP contribution in [0.3, 0.4) is 0 Å². The van der Waals surface area contributed by atoms with Crippen LogP contribution in [-0.2, 0) is 6.54 Å². The molecule has 1 atom stereocenters. The Morgan fingerprint density at radius 3 is 2.47 bits per heavy atom. The summed E-state index contributed by atoms with van der Waals surface area (Å²) in [6.07, 6.45) is 6.05. The second-order valence-corrected chi connectivity index (χ2v) is 5.63. The van der Waals surface area contributed by atoms with Crippen molar-refractivity contribution in [3.8, 4) is 0 Å². The zero-order valence-corrected chi connectivity index (χ0v) is 13.0.